The largest absolute Gasteiger partial charge is 0.393 e. The van der Waals surface area contributed by atoms with Crippen molar-refractivity contribution in [3.05, 3.63) is 11.8 Å². The van der Waals surface area contributed by atoms with Crippen LogP contribution < -0.4 is 10.6 Å². The van der Waals surface area contributed by atoms with E-state index in [0.717, 1.165) is 38.5 Å². The van der Waals surface area contributed by atoms with E-state index in [1.54, 1.807) is 13.1 Å². The summed E-state index contributed by atoms with van der Waals surface area (Å²) in [6, 6.07) is -0.454. The summed E-state index contributed by atoms with van der Waals surface area (Å²) in [5.41, 5.74) is 0.268. The summed E-state index contributed by atoms with van der Waals surface area (Å²) in [6.45, 7) is -0.780. The first-order valence-corrected chi connectivity index (χ1v) is 10.4. The summed E-state index contributed by atoms with van der Waals surface area (Å²) in [5.74, 6) is 0.876. The molecule has 1 aromatic heterocycles. The molecule has 0 saturated heterocycles. The highest BCUT2D eigenvalue weighted by Crippen LogP contribution is 2.28. The van der Waals surface area contributed by atoms with Crippen molar-refractivity contribution < 1.29 is 23.4 Å². The van der Waals surface area contributed by atoms with Gasteiger partial charge in [-0.05, 0) is 57.3 Å². The van der Waals surface area contributed by atoms with Crippen molar-refractivity contribution in [2.24, 2.45) is 16.8 Å². The number of ether oxygens (including phenoxy) is 1. The van der Waals surface area contributed by atoms with E-state index in [-0.39, 0.29) is 41.9 Å². The van der Waals surface area contributed by atoms with Gasteiger partial charge in [-0.1, -0.05) is 0 Å². The minimum atomic E-state index is -2.85. The van der Waals surface area contributed by atoms with Gasteiger partial charge in [-0.3, -0.25) is 4.79 Å². The SMILES string of the molecule is C[C@@H](COC(F)F)Nc1ncc(C(=O)NCC2CC2)c(N=CC2CCC(O)CC2)n1. The molecule has 3 N–H and O–H groups in total. The second-order valence-electron chi connectivity index (χ2n) is 8.07. The summed E-state index contributed by atoms with van der Waals surface area (Å²) in [6.07, 6.45) is 8.26. The van der Waals surface area contributed by atoms with Gasteiger partial charge >= 0.3 is 6.61 Å². The van der Waals surface area contributed by atoms with Crippen LogP contribution in [0.4, 0.5) is 20.5 Å². The van der Waals surface area contributed by atoms with Crippen molar-refractivity contribution in [3.8, 4) is 0 Å². The van der Waals surface area contributed by atoms with Crippen LogP contribution >= 0.6 is 0 Å². The van der Waals surface area contributed by atoms with E-state index in [0.29, 0.717) is 12.5 Å². The second-order valence-corrected chi connectivity index (χ2v) is 8.07. The van der Waals surface area contributed by atoms with E-state index in [9.17, 15) is 18.7 Å². The van der Waals surface area contributed by atoms with Crippen LogP contribution in [0.3, 0.4) is 0 Å². The van der Waals surface area contributed by atoms with E-state index in [4.69, 9.17) is 0 Å². The Kier molecular flexibility index (Phi) is 8.03. The van der Waals surface area contributed by atoms with E-state index >= 15 is 0 Å². The molecular formula is C20H29F2N5O3. The van der Waals surface area contributed by atoms with Crippen LogP contribution in [-0.2, 0) is 4.74 Å². The molecule has 166 valence electrons. The zero-order valence-electron chi connectivity index (χ0n) is 17.1. The lowest BCUT2D eigenvalue weighted by molar-refractivity contribution is -0.130. The normalized spacial score (nSPS) is 23.0. The number of hydrogen-bond acceptors (Lipinski definition) is 7. The maximum atomic E-state index is 12.6. The Morgan fingerprint density at radius 1 is 1.33 bits per heavy atom. The van der Waals surface area contributed by atoms with E-state index in [2.05, 4.69) is 30.3 Å². The highest BCUT2D eigenvalue weighted by molar-refractivity contribution is 5.98. The van der Waals surface area contributed by atoms with E-state index in [1.165, 1.54) is 6.20 Å². The van der Waals surface area contributed by atoms with Gasteiger partial charge in [-0.15, -0.1) is 0 Å². The van der Waals surface area contributed by atoms with Crippen LogP contribution in [0.1, 0.15) is 55.8 Å². The number of rotatable bonds is 10. The molecule has 8 nitrogen and oxygen atoms in total. The van der Waals surface area contributed by atoms with E-state index in [1.807, 2.05) is 0 Å². The van der Waals surface area contributed by atoms with Gasteiger partial charge in [0, 0.05) is 25.0 Å². The molecule has 0 bridgehead atoms. The standard InChI is InChI=1S/C20H29F2N5O3/c1-12(11-30-19(21)22)26-20-25-10-16(18(29)24-9-13-2-3-13)17(27-20)23-8-14-4-6-15(28)7-5-14/h8,10,12-15,19,28H,2-7,9,11H2,1H3,(H,24,29)(H,25,26,27)/t12-,14?,15?/m0/s1. The molecule has 0 unspecified atom stereocenters. The minimum Gasteiger partial charge on any atom is -0.393 e. The molecular weight excluding hydrogens is 396 g/mol. The number of aromatic nitrogens is 2. The fraction of sp³-hybridized carbons (Fsp3) is 0.700. The van der Waals surface area contributed by atoms with Gasteiger partial charge in [-0.25, -0.2) is 9.98 Å². The fourth-order valence-corrected chi connectivity index (χ4v) is 3.26. The van der Waals surface area contributed by atoms with Gasteiger partial charge < -0.3 is 20.5 Å². The third-order valence-corrected chi connectivity index (χ3v) is 5.26. The molecule has 3 rings (SSSR count). The highest BCUT2D eigenvalue weighted by atomic mass is 19.3. The average molecular weight is 425 g/mol. The maximum Gasteiger partial charge on any atom is 0.345 e. The van der Waals surface area contributed by atoms with Gasteiger partial charge in [0.1, 0.15) is 5.56 Å². The Balaban J connectivity index is 1.70. The van der Waals surface area contributed by atoms with Crippen molar-refractivity contribution in [1.82, 2.24) is 15.3 Å². The number of hydrogen-bond donors (Lipinski definition) is 3. The molecule has 2 aliphatic carbocycles. The van der Waals surface area contributed by atoms with Crippen LogP contribution in [0, 0.1) is 11.8 Å². The number of anilines is 1. The van der Waals surface area contributed by atoms with Gasteiger partial charge in [0.2, 0.25) is 5.95 Å². The Morgan fingerprint density at radius 3 is 2.73 bits per heavy atom. The summed E-state index contributed by atoms with van der Waals surface area (Å²) in [4.78, 5) is 25.5. The molecule has 1 amide bonds. The first-order chi connectivity index (χ1) is 14.4. The molecule has 30 heavy (non-hydrogen) atoms. The van der Waals surface area contributed by atoms with Crippen molar-refractivity contribution in [3.63, 3.8) is 0 Å². The zero-order valence-corrected chi connectivity index (χ0v) is 17.1. The minimum absolute atomic E-state index is 0.185. The molecule has 0 aromatic carbocycles. The Hall–Kier alpha value is -2.20. The zero-order chi connectivity index (χ0) is 21.5. The first kappa shape index (κ1) is 22.5. The lowest BCUT2D eigenvalue weighted by atomic mass is 9.88. The Morgan fingerprint density at radius 2 is 2.07 bits per heavy atom. The third kappa shape index (κ3) is 7.24. The topological polar surface area (TPSA) is 109 Å². The van der Waals surface area contributed by atoms with Crippen molar-refractivity contribution in [1.29, 1.82) is 0 Å². The molecule has 0 aliphatic heterocycles. The van der Waals surface area contributed by atoms with Crippen LogP contribution in [0.15, 0.2) is 11.2 Å². The number of aliphatic hydroxyl groups excluding tert-OH is 1. The summed E-state index contributed by atoms with van der Waals surface area (Å²) < 4.78 is 28.7. The molecule has 2 saturated carbocycles. The lowest BCUT2D eigenvalue weighted by Gasteiger charge is -2.22. The number of nitrogens with zero attached hydrogens (tertiary/aromatic N) is 3. The quantitative estimate of drug-likeness (QED) is 0.498. The molecule has 2 fully saturated rings. The van der Waals surface area contributed by atoms with Crippen molar-refractivity contribution in [2.75, 3.05) is 18.5 Å². The number of nitrogens with one attached hydrogen (secondary N) is 2. The summed E-state index contributed by atoms with van der Waals surface area (Å²) in [5, 5.41) is 15.4. The van der Waals surface area contributed by atoms with Crippen molar-refractivity contribution in [2.45, 2.75) is 64.2 Å². The average Bonchev–Trinajstić information content (AvgIpc) is 3.55. The van der Waals surface area contributed by atoms with Crippen molar-refractivity contribution >= 4 is 23.9 Å². The Bertz CT molecular complexity index is 737. The van der Waals surface area contributed by atoms with E-state index < -0.39 is 12.7 Å². The summed E-state index contributed by atoms with van der Waals surface area (Å²) in [7, 11) is 0. The van der Waals surface area contributed by atoms with Gasteiger partial charge in [0.15, 0.2) is 5.82 Å². The Labute approximate surface area is 174 Å². The predicted molar refractivity (Wildman–Crippen MR) is 108 cm³/mol. The third-order valence-electron chi connectivity index (χ3n) is 5.26. The van der Waals surface area contributed by atoms with Crippen LogP contribution in [0.5, 0.6) is 0 Å². The number of halogens is 2. The maximum absolute atomic E-state index is 12.6. The van der Waals surface area contributed by atoms with Crippen LogP contribution in [0.2, 0.25) is 0 Å². The lowest BCUT2D eigenvalue weighted by Crippen LogP contribution is -2.27. The number of amides is 1. The molecule has 0 radical (unpaired) electrons. The predicted octanol–water partition coefficient (Wildman–Crippen LogP) is 2.91. The molecule has 1 heterocycles. The fourth-order valence-electron chi connectivity index (χ4n) is 3.26. The number of carbonyl (C=O) groups excluding carboxylic acids is 1. The number of aliphatic hydroxyl groups is 1. The molecule has 10 heteroatoms. The van der Waals surface area contributed by atoms with Crippen LogP contribution in [-0.4, -0.2) is 59.1 Å². The highest BCUT2D eigenvalue weighted by Gasteiger charge is 2.23. The van der Waals surface area contributed by atoms with Gasteiger partial charge in [0.05, 0.1) is 12.7 Å². The van der Waals surface area contributed by atoms with Crippen LogP contribution in [0.25, 0.3) is 0 Å². The molecule has 2 aliphatic rings. The molecule has 1 aromatic rings. The first-order valence-electron chi connectivity index (χ1n) is 10.4. The van der Waals surface area contributed by atoms with Gasteiger partial charge in [0.25, 0.3) is 5.91 Å². The summed E-state index contributed by atoms with van der Waals surface area (Å²) >= 11 is 0. The second kappa shape index (κ2) is 10.7. The van der Waals surface area contributed by atoms with Gasteiger partial charge in [-0.2, -0.15) is 13.8 Å². The number of aliphatic imine (C=N–C) groups is 1. The number of alkyl halides is 2. The molecule has 1 atom stereocenters. The smallest absolute Gasteiger partial charge is 0.345 e. The molecule has 0 spiro atoms. The number of carbonyl (C=O) groups is 1. The monoisotopic (exact) mass is 425 g/mol.